The number of hydrogen-bond donors (Lipinski definition) is 3. The lowest BCUT2D eigenvalue weighted by Gasteiger charge is -2.20. The molecule has 0 bridgehead atoms. The van der Waals surface area contributed by atoms with Crippen LogP contribution in [0.15, 0.2) is 28.9 Å². The normalized spacial score (nSPS) is 15.6. The van der Waals surface area contributed by atoms with Gasteiger partial charge in [-0.05, 0) is 44.1 Å². The molecule has 7 heteroatoms. The first-order chi connectivity index (χ1) is 12.2. The second-order valence-electron chi connectivity index (χ2n) is 6.31. The lowest BCUT2D eigenvalue weighted by molar-refractivity contribution is 0.102. The Morgan fingerprint density at radius 1 is 1.32 bits per heavy atom. The van der Waals surface area contributed by atoms with Crippen LogP contribution in [-0.4, -0.2) is 33.9 Å². The molecule has 25 heavy (non-hydrogen) atoms. The van der Waals surface area contributed by atoms with E-state index in [1.54, 1.807) is 0 Å². The molecule has 0 aliphatic carbocycles. The molecule has 3 N–H and O–H groups in total. The maximum atomic E-state index is 12.3. The van der Waals surface area contributed by atoms with Crippen molar-refractivity contribution < 1.29 is 9.21 Å². The molecule has 7 nitrogen and oxygen atoms in total. The Hall–Kier alpha value is -2.67. The summed E-state index contributed by atoms with van der Waals surface area (Å²) in [5, 5.41) is 6.23. The molecule has 1 aliphatic heterocycles. The number of piperidine rings is 1. The van der Waals surface area contributed by atoms with Crippen LogP contribution in [0.1, 0.15) is 47.9 Å². The van der Waals surface area contributed by atoms with Gasteiger partial charge in [-0.25, -0.2) is 9.97 Å². The molecule has 2 aromatic heterocycles. The van der Waals surface area contributed by atoms with E-state index in [1.165, 1.54) is 6.26 Å². The Morgan fingerprint density at radius 3 is 2.92 bits per heavy atom. The molecule has 0 unspecified atom stereocenters. The number of fused-ring (bicyclic) bond motifs is 1. The number of aryl methyl sites for hydroxylation is 1. The number of aromatic amines is 1. The SMILES string of the molecule is CCc1nc(C(=O)Nc2ccc3nc(C4CCNCC4)[nH]c3c2)co1. The standard InChI is InChI=1S/C18H21N5O2/c1-2-16-21-15(10-25-16)18(24)20-12-3-4-13-14(9-12)23-17(22-13)11-5-7-19-8-6-11/h3-4,9-11,19H,2,5-8H2,1H3,(H,20,24)(H,22,23). The van der Waals surface area contributed by atoms with Gasteiger partial charge in [0.15, 0.2) is 11.6 Å². The number of amides is 1. The number of nitrogens with zero attached hydrogens (tertiary/aromatic N) is 2. The molecule has 1 aromatic carbocycles. The van der Waals surface area contributed by atoms with Crippen LogP contribution in [0.2, 0.25) is 0 Å². The molecule has 3 heterocycles. The number of imidazole rings is 1. The van der Waals surface area contributed by atoms with Crippen molar-refractivity contribution >= 4 is 22.6 Å². The average Bonchev–Trinajstić information content (AvgIpc) is 3.29. The van der Waals surface area contributed by atoms with Crippen molar-refractivity contribution in [2.45, 2.75) is 32.1 Å². The van der Waals surface area contributed by atoms with Gasteiger partial charge in [-0.3, -0.25) is 4.79 Å². The minimum absolute atomic E-state index is 0.277. The molecule has 3 aromatic rings. The van der Waals surface area contributed by atoms with Crippen molar-refractivity contribution in [1.82, 2.24) is 20.3 Å². The minimum Gasteiger partial charge on any atom is -0.448 e. The quantitative estimate of drug-likeness (QED) is 0.679. The number of oxazole rings is 1. The van der Waals surface area contributed by atoms with Gasteiger partial charge in [0, 0.05) is 18.0 Å². The number of hydrogen-bond acceptors (Lipinski definition) is 5. The van der Waals surface area contributed by atoms with Gasteiger partial charge in [0.25, 0.3) is 5.91 Å². The molecular weight excluding hydrogens is 318 g/mol. The van der Waals surface area contributed by atoms with Crippen molar-refractivity contribution in [3.05, 3.63) is 41.9 Å². The van der Waals surface area contributed by atoms with Gasteiger partial charge in [-0.1, -0.05) is 6.92 Å². The molecule has 130 valence electrons. The third-order valence-corrected chi connectivity index (χ3v) is 4.57. The molecule has 0 spiro atoms. The summed E-state index contributed by atoms with van der Waals surface area (Å²) in [5.41, 5.74) is 2.85. The third kappa shape index (κ3) is 3.28. The summed E-state index contributed by atoms with van der Waals surface area (Å²) in [6.07, 6.45) is 4.23. The maximum Gasteiger partial charge on any atom is 0.277 e. The fourth-order valence-electron chi connectivity index (χ4n) is 3.17. The zero-order valence-corrected chi connectivity index (χ0v) is 14.1. The van der Waals surface area contributed by atoms with Crippen LogP contribution in [-0.2, 0) is 6.42 Å². The summed E-state index contributed by atoms with van der Waals surface area (Å²) in [5.74, 6) is 1.78. The van der Waals surface area contributed by atoms with Gasteiger partial charge in [0.05, 0.1) is 11.0 Å². The topological polar surface area (TPSA) is 95.8 Å². The second kappa shape index (κ2) is 6.68. The number of rotatable bonds is 4. The highest BCUT2D eigenvalue weighted by Gasteiger charge is 2.19. The number of H-pyrrole nitrogens is 1. The lowest BCUT2D eigenvalue weighted by Crippen LogP contribution is -2.27. The van der Waals surface area contributed by atoms with E-state index in [2.05, 4.69) is 20.6 Å². The van der Waals surface area contributed by atoms with Crippen molar-refractivity contribution in [1.29, 1.82) is 0 Å². The van der Waals surface area contributed by atoms with Crippen molar-refractivity contribution in [3.63, 3.8) is 0 Å². The van der Waals surface area contributed by atoms with E-state index in [0.717, 1.165) is 42.8 Å². The maximum absolute atomic E-state index is 12.3. The number of nitrogens with one attached hydrogen (secondary N) is 3. The molecule has 0 saturated carbocycles. The predicted octanol–water partition coefficient (Wildman–Crippen LogP) is 2.83. The summed E-state index contributed by atoms with van der Waals surface area (Å²) in [7, 11) is 0. The van der Waals surface area contributed by atoms with Crippen LogP contribution in [0.3, 0.4) is 0 Å². The second-order valence-corrected chi connectivity index (χ2v) is 6.31. The summed E-state index contributed by atoms with van der Waals surface area (Å²) in [6, 6.07) is 5.69. The van der Waals surface area contributed by atoms with Crippen molar-refractivity contribution in [2.75, 3.05) is 18.4 Å². The lowest BCUT2D eigenvalue weighted by atomic mass is 9.98. The highest BCUT2D eigenvalue weighted by Crippen LogP contribution is 2.26. The van der Waals surface area contributed by atoms with E-state index >= 15 is 0 Å². The number of anilines is 1. The summed E-state index contributed by atoms with van der Waals surface area (Å²) in [6.45, 7) is 3.99. The van der Waals surface area contributed by atoms with Crippen molar-refractivity contribution in [2.24, 2.45) is 0 Å². The van der Waals surface area contributed by atoms with E-state index in [1.807, 2.05) is 25.1 Å². The first-order valence-electron chi connectivity index (χ1n) is 8.69. The monoisotopic (exact) mass is 339 g/mol. The van der Waals surface area contributed by atoms with Crippen LogP contribution >= 0.6 is 0 Å². The third-order valence-electron chi connectivity index (χ3n) is 4.57. The van der Waals surface area contributed by atoms with Crippen LogP contribution in [0.4, 0.5) is 5.69 Å². The number of benzene rings is 1. The Labute approximate surface area is 145 Å². The Morgan fingerprint density at radius 2 is 2.16 bits per heavy atom. The van der Waals surface area contributed by atoms with Gasteiger partial charge in [-0.15, -0.1) is 0 Å². The molecule has 0 atom stereocenters. The van der Waals surface area contributed by atoms with E-state index in [-0.39, 0.29) is 11.6 Å². The number of aromatic nitrogens is 3. The molecule has 1 fully saturated rings. The van der Waals surface area contributed by atoms with Gasteiger partial charge in [0.2, 0.25) is 0 Å². The van der Waals surface area contributed by atoms with E-state index in [4.69, 9.17) is 9.40 Å². The van der Waals surface area contributed by atoms with Gasteiger partial charge >= 0.3 is 0 Å². The largest absolute Gasteiger partial charge is 0.448 e. The molecule has 0 radical (unpaired) electrons. The highest BCUT2D eigenvalue weighted by atomic mass is 16.3. The minimum atomic E-state index is -0.277. The Kier molecular flexibility index (Phi) is 4.23. The first-order valence-corrected chi connectivity index (χ1v) is 8.69. The Balaban J connectivity index is 1.53. The predicted molar refractivity (Wildman–Crippen MR) is 94.8 cm³/mol. The fraction of sp³-hybridized carbons (Fsp3) is 0.389. The zero-order chi connectivity index (χ0) is 17.2. The number of carbonyl (C=O) groups excluding carboxylic acids is 1. The smallest absolute Gasteiger partial charge is 0.277 e. The van der Waals surface area contributed by atoms with Crippen LogP contribution < -0.4 is 10.6 Å². The Bertz CT molecular complexity index is 892. The van der Waals surface area contributed by atoms with Gasteiger partial charge < -0.3 is 20.0 Å². The molecule has 4 rings (SSSR count). The average molecular weight is 339 g/mol. The highest BCUT2D eigenvalue weighted by molar-refractivity contribution is 6.03. The van der Waals surface area contributed by atoms with Gasteiger partial charge in [-0.2, -0.15) is 0 Å². The molecule has 1 saturated heterocycles. The van der Waals surface area contributed by atoms with Crippen molar-refractivity contribution in [3.8, 4) is 0 Å². The van der Waals surface area contributed by atoms with E-state index in [9.17, 15) is 4.79 Å². The molecule has 1 aliphatic rings. The van der Waals surface area contributed by atoms with Crippen LogP contribution in [0.25, 0.3) is 11.0 Å². The molecule has 1 amide bonds. The van der Waals surface area contributed by atoms with Crippen LogP contribution in [0, 0.1) is 0 Å². The van der Waals surface area contributed by atoms with Crippen LogP contribution in [0.5, 0.6) is 0 Å². The number of carbonyl (C=O) groups is 1. The van der Waals surface area contributed by atoms with E-state index < -0.39 is 0 Å². The first kappa shape index (κ1) is 15.8. The summed E-state index contributed by atoms with van der Waals surface area (Å²) in [4.78, 5) is 24.5. The fourth-order valence-corrected chi connectivity index (χ4v) is 3.17. The summed E-state index contributed by atoms with van der Waals surface area (Å²) >= 11 is 0. The van der Waals surface area contributed by atoms with Gasteiger partial charge in [0.1, 0.15) is 12.1 Å². The zero-order valence-electron chi connectivity index (χ0n) is 14.1. The molecular formula is C18H21N5O2. The summed E-state index contributed by atoms with van der Waals surface area (Å²) < 4.78 is 5.22. The van der Waals surface area contributed by atoms with E-state index in [0.29, 0.717) is 23.9 Å².